The van der Waals surface area contributed by atoms with Crippen LogP contribution in [-0.2, 0) is 25.5 Å². The zero-order valence-electron chi connectivity index (χ0n) is 17.9. The third-order valence-electron chi connectivity index (χ3n) is 4.99. The fourth-order valence-corrected chi connectivity index (χ4v) is 3.49. The highest BCUT2D eigenvalue weighted by Gasteiger charge is 2.32. The smallest absolute Gasteiger partial charge is 0.313 e. The molecule has 1 aromatic carbocycles. The van der Waals surface area contributed by atoms with Gasteiger partial charge in [-0.1, -0.05) is 17.7 Å². The second-order valence-corrected chi connectivity index (χ2v) is 7.35. The summed E-state index contributed by atoms with van der Waals surface area (Å²) >= 11 is 0. The molecule has 3 rings (SSSR count). The van der Waals surface area contributed by atoms with E-state index in [-0.39, 0.29) is 30.5 Å². The van der Waals surface area contributed by atoms with Gasteiger partial charge < -0.3 is 20.3 Å². The Balaban J connectivity index is 0.000000735. The Morgan fingerprint density at radius 2 is 1.87 bits per heavy atom. The molecule has 0 saturated heterocycles. The third-order valence-corrected chi connectivity index (χ3v) is 4.99. The van der Waals surface area contributed by atoms with Crippen LogP contribution in [0.4, 0.5) is 0 Å². The average Bonchev–Trinajstić information content (AvgIpc) is 3.11. The molecule has 3 N–H and O–H groups in total. The van der Waals surface area contributed by atoms with Gasteiger partial charge in [-0.2, -0.15) is 5.10 Å². The van der Waals surface area contributed by atoms with Crippen molar-refractivity contribution in [1.29, 1.82) is 0 Å². The Morgan fingerprint density at radius 1 is 1.23 bits per heavy atom. The quantitative estimate of drug-likeness (QED) is 0.705. The van der Waals surface area contributed by atoms with Crippen molar-refractivity contribution in [3.63, 3.8) is 0 Å². The Morgan fingerprint density at radius 3 is 2.40 bits per heavy atom. The highest BCUT2D eigenvalue weighted by molar-refractivity contribution is 5.71. The molecule has 3 atom stereocenters. The van der Waals surface area contributed by atoms with Crippen molar-refractivity contribution in [1.82, 2.24) is 14.8 Å². The average molecular weight is 418 g/mol. The molecule has 1 aliphatic carbocycles. The number of nitrogens with two attached hydrogens (primary N) is 1. The number of carbonyl (C=O) groups is 2. The minimum absolute atomic E-state index is 0.0361. The molecular weight excluding hydrogens is 388 g/mol. The van der Waals surface area contributed by atoms with Gasteiger partial charge in [-0.25, -0.2) is 9.67 Å². The molecule has 9 heteroatoms. The summed E-state index contributed by atoms with van der Waals surface area (Å²) < 4.78 is 12.0. The normalized spacial score (nSPS) is 20.8. The molecule has 0 bridgehead atoms. The molecule has 0 spiro atoms. The summed E-state index contributed by atoms with van der Waals surface area (Å²) in [6.07, 6.45) is 2.73. The van der Waals surface area contributed by atoms with E-state index >= 15 is 0 Å². The first kappa shape index (κ1) is 23.5. The Kier molecular flexibility index (Phi) is 8.49. The first-order valence-corrected chi connectivity index (χ1v) is 9.82. The third kappa shape index (κ3) is 6.36. The van der Waals surface area contributed by atoms with E-state index in [2.05, 4.69) is 10.1 Å². The number of rotatable bonds is 5. The molecule has 1 aromatic heterocycles. The van der Waals surface area contributed by atoms with Gasteiger partial charge in [0.25, 0.3) is 5.97 Å². The molecule has 0 unspecified atom stereocenters. The van der Waals surface area contributed by atoms with Gasteiger partial charge >= 0.3 is 5.97 Å². The zero-order valence-corrected chi connectivity index (χ0v) is 17.9. The van der Waals surface area contributed by atoms with Crippen LogP contribution in [0.2, 0.25) is 0 Å². The number of esters is 1. The number of methoxy groups -OCH3 is 2. The van der Waals surface area contributed by atoms with Gasteiger partial charge in [0.05, 0.1) is 18.9 Å². The lowest BCUT2D eigenvalue weighted by Crippen LogP contribution is -2.41. The maximum absolute atomic E-state index is 11.6. The lowest BCUT2D eigenvalue weighted by atomic mass is 9.83. The largest absolute Gasteiger partial charge is 0.481 e. The van der Waals surface area contributed by atoms with Crippen molar-refractivity contribution in [3.8, 4) is 5.69 Å². The van der Waals surface area contributed by atoms with Crippen LogP contribution in [0.1, 0.15) is 49.3 Å². The molecule has 1 heterocycles. The maximum atomic E-state index is 11.6. The lowest BCUT2D eigenvalue weighted by molar-refractivity contribution is -0.140. The molecule has 1 fully saturated rings. The maximum Gasteiger partial charge on any atom is 0.313 e. The van der Waals surface area contributed by atoms with Crippen LogP contribution < -0.4 is 5.73 Å². The number of nitrogens with zero attached hydrogens (tertiary/aromatic N) is 3. The van der Waals surface area contributed by atoms with Crippen LogP contribution in [-0.4, -0.2) is 58.2 Å². The summed E-state index contributed by atoms with van der Waals surface area (Å²) in [4.78, 5) is 25.3. The number of aliphatic carboxylic acids is 1. The van der Waals surface area contributed by atoms with Crippen molar-refractivity contribution in [2.45, 2.75) is 57.6 Å². The van der Waals surface area contributed by atoms with Crippen LogP contribution in [0.25, 0.3) is 5.69 Å². The van der Waals surface area contributed by atoms with Gasteiger partial charge in [0.2, 0.25) is 0 Å². The van der Waals surface area contributed by atoms with E-state index < -0.39 is 5.97 Å². The van der Waals surface area contributed by atoms with Gasteiger partial charge in [0.15, 0.2) is 5.82 Å². The summed E-state index contributed by atoms with van der Waals surface area (Å²) in [5.41, 5.74) is 8.38. The number of aromatic nitrogens is 3. The fourth-order valence-electron chi connectivity index (χ4n) is 3.49. The van der Waals surface area contributed by atoms with Crippen molar-refractivity contribution in [3.05, 3.63) is 41.5 Å². The molecule has 2 aromatic rings. The summed E-state index contributed by atoms with van der Waals surface area (Å²) in [5, 5.41) is 12.0. The molecule has 1 saturated carbocycles. The Labute approximate surface area is 176 Å². The number of hydrogen-bond donors (Lipinski definition) is 2. The number of ether oxygens (including phenoxy) is 2. The van der Waals surface area contributed by atoms with Crippen LogP contribution in [0.5, 0.6) is 0 Å². The number of carbonyl (C=O) groups excluding carboxylic acids is 1. The first-order valence-electron chi connectivity index (χ1n) is 9.82. The molecule has 0 aliphatic heterocycles. The molecule has 1 aliphatic rings. The Bertz CT molecular complexity index is 846. The monoisotopic (exact) mass is 418 g/mol. The van der Waals surface area contributed by atoms with Crippen LogP contribution >= 0.6 is 0 Å². The van der Waals surface area contributed by atoms with Crippen molar-refractivity contribution >= 4 is 11.9 Å². The minimum Gasteiger partial charge on any atom is -0.481 e. The second-order valence-electron chi connectivity index (χ2n) is 7.35. The summed E-state index contributed by atoms with van der Waals surface area (Å²) in [5.74, 6) is 0.307. The number of carboxylic acids is 1. The van der Waals surface area contributed by atoms with Crippen molar-refractivity contribution < 1.29 is 24.2 Å². The molecule has 9 nitrogen and oxygen atoms in total. The number of hydrogen-bond acceptors (Lipinski definition) is 7. The summed E-state index contributed by atoms with van der Waals surface area (Å²) in [6, 6.07) is 8.06. The number of benzene rings is 1. The van der Waals surface area contributed by atoms with E-state index in [1.54, 1.807) is 7.11 Å². The van der Waals surface area contributed by atoms with Gasteiger partial charge in [0.1, 0.15) is 12.2 Å². The van der Waals surface area contributed by atoms with Crippen LogP contribution in [0, 0.1) is 6.92 Å². The lowest BCUT2D eigenvalue weighted by Gasteiger charge is -2.32. The molecule has 164 valence electrons. The van der Waals surface area contributed by atoms with Crippen LogP contribution in [0.3, 0.4) is 0 Å². The van der Waals surface area contributed by atoms with E-state index in [0.717, 1.165) is 37.7 Å². The molecule has 30 heavy (non-hydrogen) atoms. The SMILES string of the molecule is CC(=O)O.COC(=O)Cc1nc([C@H]2CC[C@@H](OC)[C@H](N)C2)n(-c2ccc(C)cc2)n1. The highest BCUT2D eigenvalue weighted by Crippen LogP contribution is 2.33. The van der Waals surface area contributed by atoms with Crippen LogP contribution in [0.15, 0.2) is 24.3 Å². The van der Waals surface area contributed by atoms with Crippen molar-refractivity contribution in [2.75, 3.05) is 14.2 Å². The van der Waals surface area contributed by atoms with Gasteiger partial charge in [0, 0.05) is 26.0 Å². The van der Waals surface area contributed by atoms with E-state index in [0.29, 0.717) is 5.82 Å². The molecular formula is C21H30N4O5. The minimum atomic E-state index is -0.833. The van der Waals surface area contributed by atoms with E-state index in [9.17, 15) is 4.79 Å². The fraction of sp³-hybridized carbons (Fsp3) is 0.524. The number of carboxylic acid groups (broad SMARTS) is 1. The second kappa shape index (κ2) is 10.8. The standard InChI is InChI=1S/C19H26N4O3.C2H4O2/c1-12-4-7-14(8-5-12)23-19(21-17(22-23)11-18(24)26-3)13-6-9-16(25-2)15(20)10-13;1-2(3)4/h4-5,7-8,13,15-16H,6,9-11,20H2,1-3H3;1H3,(H,3,4)/t13-,15+,16+;/m0./s1. The van der Waals surface area contributed by atoms with E-state index in [1.165, 1.54) is 12.7 Å². The van der Waals surface area contributed by atoms with E-state index in [1.807, 2.05) is 35.9 Å². The van der Waals surface area contributed by atoms with E-state index in [4.69, 9.17) is 25.1 Å². The van der Waals surface area contributed by atoms with Crippen molar-refractivity contribution in [2.24, 2.45) is 5.73 Å². The summed E-state index contributed by atoms with van der Waals surface area (Å²) in [6.45, 7) is 3.12. The number of aryl methyl sites for hydroxylation is 1. The highest BCUT2D eigenvalue weighted by atomic mass is 16.5. The van der Waals surface area contributed by atoms with Gasteiger partial charge in [-0.15, -0.1) is 0 Å². The first-order chi connectivity index (χ1) is 14.2. The topological polar surface area (TPSA) is 130 Å². The predicted octanol–water partition coefficient (Wildman–Crippen LogP) is 1.99. The summed E-state index contributed by atoms with van der Waals surface area (Å²) in [7, 11) is 3.07. The molecule has 0 amide bonds. The molecule has 0 radical (unpaired) electrons. The van der Waals surface area contributed by atoms with Gasteiger partial charge in [-0.3, -0.25) is 9.59 Å². The Hall–Kier alpha value is -2.78. The van der Waals surface area contributed by atoms with Gasteiger partial charge in [-0.05, 0) is 38.3 Å². The zero-order chi connectivity index (χ0) is 22.3. The predicted molar refractivity (Wildman–Crippen MR) is 110 cm³/mol.